The standard InChI is InChI=1S/C30H32ClF2N5O4S/c31-23-9-18(39)8-21(24(23)16-2-3-16)26-25(33)27-22(11-34-26)28(37-13-19-4-5-20(14-37)43(19,40)41)36-29(35-27)42-15-30-6-1-7-38(30)12-17(32)10-30/h8-9,11,16-17,19-20,39H,1-7,10,12-15H2/t17-,19?,20?,30+/m1/s1. The number of phenolic OH excluding ortho intramolecular Hbond substituents is 1. The lowest BCUT2D eigenvalue weighted by molar-refractivity contribution is 0.107. The van der Waals surface area contributed by atoms with Gasteiger partial charge in [-0.05, 0) is 68.7 Å². The zero-order valence-corrected chi connectivity index (χ0v) is 25.0. The molecular weight excluding hydrogens is 600 g/mol. The maximum absolute atomic E-state index is 16.6. The number of halogens is 3. The van der Waals surface area contributed by atoms with E-state index in [-0.39, 0.29) is 48.6 Å². The third-order valence-electron chi connectivity index (χ3n) is 10.1. The van der Waals surface area contributed by atoms with Gasteiger partial charge in [-0.3, -0.25) is 9.88 Å². The van der Waals surface area contributed by atoms with Crippen molar-refractivity contribution in [2.75, 3.05) is 37.7 Å². The summed E-state index contributed by atoms with van der Waals surface area (Å²) in [5.74, 6) is -0.264. The van der Waals surface area contributed by atoms with Crippen LogP contribution in [0.15, 0.2) is 18.3 Å². The number of benzene rings is 1. The molecule has 4 aliphatic heterocycles. The first-order valence-electron chi connectivity index (χ1n) is 15.0. The average Bonchev–Trinajstić information content (AvgIpc) is 3.63. The van der Waals surface area contributed by atoms with Crippen molar-refractivity contribution in [2.45, 2.75) is 73.1 Å². The van der Waals surface area contributed by atoms with Crippen molar-refractivity contribution in [1.29, 1.82) is 0 Å². The van der Waals surface area contributed by atoms with Crippen molar-refractivity contribution in [3.63, 3.8) is 0 Å². The number of alkyl halides is 1. The van der Waals surface area contributed by atoms with Crippen LogP contribution in [0.25, 0.3) is 22.2 Å². The molecule has 3 aromatic rings. The van der Waals surface area contributed by atoms with Crippen molar-refractivity contribution in [1.82, 2.24) is 19.9 Å². The first kappa shape index (κ1) is 27.7. The van der Waals surface area contributed by atoms with Crippen LogP contribution in [-0.2, 0) is 9.84 Å². The zero-order chi connectivity index (χ0) is 29.7. The monoisotopic (exact) mass is 631 g/mol. The van der Waals surface area contributed by atoms with Crippen LogP contribution in [0.5, 0.6) is 11.8 Å². The summed E-state index contributed by atoms with van der Waals surface area (Å²) in [5.41, 5.74) is 0.715. The largest absolute Gasteiger partial charge is 0.508 e. The molecule has 1 aliphatic carbocycles. The molecule has 0 radical (unpaired) electrons. The fraction of sp³-hybridized carbons (Fsp3) is 0.567. The molecule has 1 aromatic carbocycles. The zero-order valence-electron chi connectivity index (χ0n) is 23.5. The maximum atomic E-state index is 16.6. The van der Waals surface area contributed by atoms with E-state index in [1.54, 1.807) is 0 Å². The van der Waals surface area contributed by atoms with E-state index in [4.69, 9.17) is 21.3 Å². The smallest absolute Gasteiger partial charge is 0.319 e. The Morgan fingerprint density at radius 2 is 1.88 bits per heavy atom. The van der Waals surface area contributed by atoms with Gasteiger partial charge in [-0.15, -0.1) is 0 Å². The highest BCUT2D eigenvalue weighted by Crippen LogP contribution is 2.49. The van der Waals surface area contributed by atoms with Gasteiger partial charge in [0.25, 0.3) is 0 Å². The van der Waals surface area contributed by atoms with Gasteiger partial charge < -0.3 is 14.7 Å². The van der Waals surface area contributed by atoms with Gasteiger partial charge in [0.1, 0.15) is 35.6 Å². The number of aromatic nitrogens is 3. The summed E-state index contributed by atoms with van der Waals surface area (Å²) in [7, 11) is -3.22. The Labute approximate surface area is 253 Å². The molecule has 2 unspecified atom stereocenters. The van der Waals surface area contributed by atoms with Crippen LogP contribution in [0.2, 0.25) is 5.02 Å². The Kier molecular flexibility index (Phi) is 6.34. The second-order valence-corrected chi connectivity index (χ2v) is 15.8. The number of hydrogen-bond acceptors (Lipinski definition) is 9. The molecule has 43 heavy (non-hydrogen) atoms. The van der Waals surface area contributed by atoms with E-state index in [2.05, 4.69) is 14.9 Å². The number of rotatable bonds is 6. The van der Waals surface area contributed by atoms with Gasteiger partial charge in [0.15, 0.2) is 15.7 Å². The van der Waals surface area contributed by atoms with E-state index in [1.807, 2.05) is 4.90 Å². The molecule has 9 nitrogen and oxygen atoms in total. The molecule has 6 heterocycles. The Morgan fingerprint density at radius 3 is 2.63 bits per heavy atom. The van der Waals surface area contributed by atoms with Crippen molar-refractivity contribution in [2.24, 2.45) is 0 Å². The molecule has 0 spiro atoms. The lowest BCUT2D eigenvalue weighted by atomic mass is 9.95. The summed E-state index contributed by atoms with van der Waals surface area (Å²) in [5, 5.41) is 10.0. The minimum atomic E-state index is -3.22. The van der Waals surface area contributed by atoms with Crippen molar-refractivity contribution in [3.05, 3.63) is 34.7 Å². The third kappa shape index (κ3) is 4.46. The number of ether oxygens (including phenoxy) is 1. The first-order chi connectivity index (χ1) is 20.6. The first-order valence-corrected chi connectivity index (χ1v) is 17.0. The van der Waals surface area contributed by atoms with Crippen molar-refractivity contribution < 1.29 is 27.0 Å². The average molecular weight is 632 g/mol. The normalized spacial score (nSPS) is 29.8. The van der Waals surface area contributed by atoms with Crippen LogP contribution in [0.1, 0.15) is 56.4 Å². The minimum Gasteiger partial charge on any atom is -0.508 e. The van der Waals surface area contributed by atoms with Crippen LogP contribution < -0.4 is 9.64 Å². The molecule has 8 rings (SSSR count). The van der Waals surface area contributed by atoms with E-state index >= 15 is 4.39 Å². The molecule has 1 N–H and O–H groups in total. The SMILES string of the molecule is O=S1(=O)C2CCC1CN(c1nc(OC[C@@]34CCCN3C[C@H](F)C4)nc3c(F)c(-c4cc(O)cc(Cl)c4C4CC4)ncc13)C2. The number of phenols is 1. The lowest BCUT2D eigenvalue weighted by Crippen LogP contribution is -2.47. The van der Waals surface area contributed by atoms with Gasteiger partial charge in [0.05, 0.1) is 21.4 Å². The topological polar surface area (TPSA) is 109 Å². The highest BCUT2D eigenvalue weighted by molar-refractivity contribution is 7.93. The van der Waals surface area contributed by atoms with E-state index in [0.717, 1.165) is 37.8 Å². The third-order valence-corrected chi connectivity index (χ3v) is 13.1. The summed E-state index contributed by atoms with van der Waals surface area (Å²) >= 11 is 6.51. The number of anilines is 1. The Hall–Kier alpha value is -2.83. The van der Waals surface area contributed by atoms with E-state index < -0.39 is 37.9 Å². The van der Waals surface area contributed by atoms with Gasteiger partial charge in [-0.25, -0.2) is 17.2 Å². The summed E-state index contributed by atoms with van der Waals surface area (Å²) in [6.07, 6.45) is 5.68. The highest BCUT2D eigenvalue weighted by Gasteiger charge is 2.50. The molecule has 5 aliphatic rings. The van der Waals surface area contributed by atoms with Crippen LogP contribution in [0.4, 0.5) is 14.6 Å². The quantitative estimate of drug-likeness (QED) is 0.411. The van der Waals surface area contributed by atoms with E-state index in [0.29, 0.717) is 47.6 Å². The molecule has 2 bridgehead atoms. The molecule has 228 valence electrons. The van der Waals surface area contributed by atoms with Gasteiger partial charge in [0, 0.05) is 42.8 Å². The molecule has 0 amide bonds. The summed E-state index contributed by atoms with van der Waals surface area (Å²) in [4.78, 5) is 17.7. The molecular formula is C30H32ClF2N5O4S. The van der Waals surface area contributed by atoms with Crippen molar-refractivity contribution in [3.8, 4) is 23.0 Å². The maximum Gasteiger partial charge on any atom is 0.319 e. The fourth-order valence-corrected chi connectivity index (χ4v) is 10.5. The molecule has 5 fully saturated rings. The van der Waals surface area contributed by atoms with Crippen LogP contribution in [-0.4, -0.2) is 88.4 Å². The summed E-state index contributed by atoms with van der Waals surface area (Å²) in [6, 6.07) is 2.89. The van der Waals surface area contributed by atoms with Crippen LogP contribution in [0.3, 0.4) is 0 Å². The Bertz CT molecular complexity index is 1740. The number of pyridine rings is 1. The molecule has 4 atom stereocenters. The summed E-state index contributed by atoms with van der Waals surface area (Å²) < 4.78 is 62.9. The van der Waals surface area contributed by atoms with E-state index in [1.165, 1.54) is 18.3 Å². The van der Waals surface area contributed by atoms with Crippen LogP contribution in [0, 0.1) is 5.82 Å². The predicted molar refractivity (Wildman–Crippen MR) is 158 cm³/mol. The Balaban J connectivity index is 1.24. The number of aromatic hydroxyl groups is 1. The number of nitrogens with zero attached hydrogens (tertiary/aromatic N) is 5. The fourth-order valence-electron chi connectivity index (χ4n) is 7.85. The molecule has 4 saturated heterocycles. The molecule has 2 aromatic heterocycles. The van der Waals surface area contributed by atoms with Gasteiger partial charge in [0.2, 0.25) is 0 Å². The van der Waals surface area contributed by atoms with Crippen LogP contribution >= 0.6 is 11.6 Å². The van der Waals surface area contributed by atoms with Gasteiger partial charge in [-0.2, -0.15) is 9.97 Å². The number of hydrogen-bond donors (Lipinski definition) is 1. The predicted octanol–water partition coefficient (Wildman–Crippen LogP) is 4.79. The highest BCUT2D eigenvalue weighted by atomic mass is 35.5. The number of sulfone groups is 1. The van der Waals surface area contributed by atoms with Crippen molar-refractivity contribution >= 4 is 38.2 Å². The van der Waals surface area contributed by atoms with E-state index in [9.17, 15) is 17.9 Å². The van der Waals surface area contributed by atoms with Gasteiger partial charge in [-0.1, -0.05) is 11.6 Å². The van der Waals surface area contributed by atoms with Gasteiger partial charge >= 0.3 is 6.01 Å². The second kappa shape index (κ2) is 9.84. The minimum absolute atomic E-state index is 0.0115. The number of fused-ring (bicyclic) bond motifs is 4. The summed E-state index contributed by atoms with van der Waals surface area (Å²) in [6.45, 7) is 1.83. The Morgan fingerprint density at radius 1 is 1.12 bits per heavy atom. The molecule has 13 heteroatoms. The second-order valence-electron chi connectivity index (χ2n) is 12.9. The molecule has 1 saturated carbocycles. The lowest BCUT2D eigenvalue weighted by Gasteiger charge is -2.33.